The molecule has 0 spiro atoms. The van der Waals surface area contributed by atoms with Gasteiger partial charge in [0.2, 0.25) is 5.95 Å². The summed E-state index contributed by atoms with van der Waals surface area (Å²) in [6.07, 6.45) is -4.78. The predicted molar refractivity (Wildman–Crippen MR) is 109 cm³/mol. The molecule has 8 nitrogen and oxygen atoms in total. The minimum atomic E-state index is -4.78. The van der Waals surface area contributed by atoms with Gasteiger partial charge in [0.15, 0.2) is 11.5 Å². The van der Waals surface area contributed by atoms with Crippen molar-refractivity contribution in [1.82, 2.24) is 14.8 Å². The Hall–Kier alpha value is -4.02. The average molecular weight is 445 g/mol. The number of benzene rings is 2. The van der Waals surface area contributed by atoms with Crippen molar-refractivity contribution in [2.75, 3.05) is 17.7 Å². The number of ether oxygens (including phenoxy) is 1. The number of halogens is 3. The number of alkyl halides is 3. The van der Waals surface area contributed by atoms with Crippen LogP contribution in [0.2, 0.25) is 0 Å². The molecule has 1 aromatic heterocycles. The molecule has 166 valence electrons. The van der Waals surface area contributed by atoms with Gasteiger partial charge in [0.25, 0.3) is 11.7 Å². The number of aromatic hydroxyl groups is 1. The topological polar surface area (TPSA) is 101 Å². The summed E-state index contributed by atoms with van der Waals surface area (Å²) in [5.74, 6) is -2.13. The highest BCUT2D eigenvalue weighted by atomic mass is 19.4. The maximum Gasteiger partial charge on any atom is 0.453 e. The number of phenols is 1. The molecule has 0 saturated carbocycles. The van der Waals surface area contributed by atoms with E-state index in [9.17, 15) is 23.1 Å². The zero-order chi connectivity index (χ0) is 23.0. The Morgan fingerprint density at radius 1 is 1.22 bits per heavy atom. The van der Waals surface area contributed by atoms with Crippen molar-refractivity contribution in [2.45, 2.75) is 19.1 Å². The standard InChI is InChI=1S/C21H18F3N5O3/c1-11-16(18(31)26-13-6-4-3-5-7-13)17(12-8-9-15(32-2)14(30)10-12)29-20(25-11)27-19(28-29)21(22,23)24/h3-10,17,30H,1-2H3,(H,26,31)(H,25,27,28)/t17-/m0/s1. The van der Waals surface area contributed by atoms with Crippen molar-refractivity contribution in [3.8, 4) is 11.5 Å². The van der Waals surface area contributed by atoms with Crippen LogP contribution < -0.4 is 15.4 Å². The predicted octanol–water partition coefficient (Wildman–Crippen LogP) is 3.94. The largest absolute Gasteiger partial charge is 0.504 e. The van der Waals surface area contributed by atoms with E-state index < -0.39 is 23.9 Å². The number of para-hydroxylation sites is 1. The van der Waals surface area contributed by atoms with Gasteiger partial charge in [-0.1, -0.05) is 24.3 Å². The van der Waals surface area contributed by atoms with Crippen molar-refractivity contribution in [3.05, 3.63) is 71.2 Å². The van der Waals surface area contributed by atoms with Gasteiger partial charge in [0, 0.05) is 11.4 Å². The number of hydrogen-bond acceptors (Lipinski definition) is 6. The van der Waals surface area contributed by atoms with Gasteiger partial charge in [-0.25, -0.2) is 4.68 Å². The molecular formula is C21H18F3N5O3. The van der Waals surface area contributed by atoms with Crippen molar-refractivity contribution < 1.29 is 27.8 Å². The number of fused-ring (bicyclic) bond motifs is 1. The lowest BCUT2D eigenvalue weighted by molar-refractivity contribution is -0.145. The van der Waals surface area contributed by atoms with Crippen molar-refractivity contribution in [3.63, 3.8) is 0 Å². The van der Waals surface area contributed by atoms with Gasteiger partial charge in [-0.05, 0) is 36.8 Å². The normalized spacial score (nSPS) is 15.7. The summed E-state index contributed by atoms with van der Waals surface area (Å²) in [5.41, 5.74) is 1.24. The Morgan fingerprint density at radius 2 is 1.94 bits per heavy atom. The third kappa shape index (κ3) is 3.84. The molecule has 0 aliphatic carbocycles. The van der Waals surface area contributed by atoms with Crippen LogP contribution in [0.1, 0.15) is 24.4 Å². The molecule has 3 N–H and O–H groups in total. The van der Waals surface area contributed by atoms with Crippen molar-refractivity contribution in [2.24, 2.45) is 0 Å². The second-order valence-corrected chi connectivity index (χ2v) is 7.02. The summed E-state index contributed by atoms with van der Waals surface area (Å²) in [7, 11) is 1.37. The third-order valence-electron chi connectivity index (χ3n) is 4.90. The number of allylic oxidation sites excluding steroid dienone is 1. The number of amides is 1. The van der Waals surface area contributed by atoms with Gasteiger partial charge < -0.3 is 20.5 Å². The van der Waals surface area contributed by atoms with E-state index in [1.807, 2.05) is 0 Å². The third-order valence-corrected chi connectivity index (χ3v) is 4.90. The number of methoxy groups -OCH3 is 1. The first-order chi connectivity index (χ1) is 15.2. The first-order valence-corrected chi connectivity index (χ1v) is 9.44. The van der Waals surface area contributed by atoms with E-state index in [1.54, 1.807) is 37.3 Å². The van der Waals surface area contributed by atoms with Crippen molar-refractivity contribution in [1.29, 1.82) is 0 Å². The molecule has 1 aliphatic rings. The fourth-order valence-electron chi connectivity index (χ4n) is 3.47. The molecule has 1 amide bonds. The van der Waals surface area contributed by atoms with E-state index >= 15 is 0 Å². The summed E-state index contributed by atoms with van der Waals surface area (Å²) in [6, 6.07) is 11.8. The Bertz CT molecular complexity index is 1210. The molecule has 0 saturated heterocycles. The van der Waals surface area contributed by atoms with E-state index in [0.29, 0.717) is 16.9 Å². The van der Waals surface area contributed by atoms with Gasteiger partial charge in [0.1, 0.15) is 6.04 Å². The second-order valence-electron chi connectivity index (χ2n) is 7.02. The SMILES string of the molecule is COc1ccc([C@H]2C(C(=O)Nc3ccccc3)=C(C)Nc3nc(C(F)(F)F)nn32)cc1O. The molecule has 3 aromatic rings. The maximum absolute atomic E-state index is 13.3. The lowest BCUT2D eigenvalue weighted by Gasteiger charge is -2.29. The number of nitrogens with one attached hydrogen (secondary N) is 2. The van der Waals surface area contributed by atoms with Gasteiger partial charge in [-0.15, -0.1) is 5.10 Å². The fourth-order valence-corrected chi connectivity index (χ4v) is 3.47. The lowest BCUT2D eigenvalue weighted by Crippen LogP contribution is -2.31. The molecule has 0 bridgehead atoms. The smallest absolute Gasteiger partial charge is 0.453 e. The summed E-state index contributed by atoms with van der Waals surface area (Å²) in [4.78, 5) is 16.7. The van der Waals surface area contributed by atoms with Gasteiger partial charge in [0.05, 0.1) is 12.7 Å². The highest BCUT2D eigenvalue weighted by Crippen LogP contribution is 2.40. The second kappa shape index (κ2) is 7.91. The van der Waals surface area contributed by atoms with Crippen LogP contribution in [0.25, 0.3) is 0 Å². The van der Waals surface area contributed by atoms with Crippen LogP contribution in [0.4, 0.5) is 24.8 Å². The molecule has 11 heteroatoms. The Morgan fingerprint density at radius 3 is 2.56 bits per heavy atom. The highest BCUT2D eigenvalue weighted by molar-refractivity contribution is 6.06. The van der Waals surface area contributed by atoms with E-state index in [0.717, 1.165) is 4.68 Å². The first-order valence-electron chi connectivity index (χ1n) is 9.44. The Labute approximate surface area is 180 Å². The molecule has 0 fully saturated rings. The van der Waals surface area contributed by atoms with Crippen LogP contribution in [0.5, 0.6) is 11.5 Å². The summed E-state index contributed by atoms with van der Waals surface area (Å²) in [5, 5.41) is 19.3. The fraction of sp³-hybridized carbons (Fsp3) is 0.190. The van der Waals surface area contributed by atoms with Crippen LogP contribution in [-0.4, -0.2) is 32.9 Å². The maximum atomic E-state index is 13.3. The quantitative estimate of drug-likeness (QED) is 0.563. The minimum absolute atomic E-state index is 0.115. The number of nitrogens with zero attached hydrogens (tertiary/aromatic N) is 3. The molecular weight excluding hydrogens is 427 g/mol. The van der Waals surface area contributed by atoms with Gasteiger partial charge in [-0.2, -0.15) is 18.2 Å². The summed E-state index contributed by atoms with van der Waals surface area (Å²) in [6.45, 7) is 1.56. The van der Waals surface area contributed by atoms with Crippen LogP contribution >= 0.6 is 0 Å². The van der Waals surface area contributed by atoms with Gasteiger partial charge >= 0.3 is 6.18 Å². The number of carbonyl (C=O) groups excluding carboxylic acids is 1. The van der Waals surface area contributed by atoms with Crippen LogP contribution in [0, 0.1) is 0 Å². The van der Waals surface area contributed by atoms with Crippen molar-refractivity contribution >= 4 is 17.5 Å². The van der Waals surface area contributed by atoms with Crippen LogP contribution in [0.15, 0.2) is 59.8 Å². The average Bonchev–Trinajstić information content (AvgIpc) is 3.17. The van der Waals surface area contributed by atoms with Crippen LogP contribution in [0.3, 0.4) is 0 Å². The number of anilines is 2. The highest BCUT2D eigenvalue weighted by Gasteiger charge is 2.41. The van der Waals surface area contributed by atoms with E-state index in [1.165, 1.54) is 25.3 Å². The number of carbonyl (C=O) groups is 1. The first kappa shape index (κ1) is 21.2. The number of hydrogen-bond donors (Lipinski definition) is 3. The minimum Gasteiger partial charge on any atom is -0.504 e. The number of aromatic nitrogens is 3. The zero-order valence-corrected chi connectivity index (χ0v) is 16.9. The lowest BCUT2D eigenvalue weighted by atomic mass is 9.94. The van der Waals surface area contributed by atoms with Gasteiger partial charge in [-0.3, -0.25) is 4.79 Å². The Kier molecular flexibility index (Phi) is 5.25. The monoisotopic (exact) mass is 445 g/mol. The molecule has 0 radical (unpaired) electrons. The molecule has 32 heavy (non-hydrogen) atoms. The van der Waals surface area contributed by atoms with E-state index in [2.05, 4.69) is 20.7 Å². The molecule has 4 rings (SSSR count). The number of rotatable bonds is 4. The molecule has 2 aromatic carbocycles. The molecule has 1 aliphatic heterocycles. The summed E-state index contributed by atoms with van der Waals surface area (Å²) >= 11 is 0. The Balaban J connectivity index is 1.84. The van der Waals surface area contributed by atoms with Crippen LogP contribution in [-0.2, 0) is 11.0 Å². The number of phenolic OH excluding ortho intramolecular Hbond substituents is 1. The summed E-state index contributed by atoms with van der Waals surface area (Å²) < 4.78 is 45.9. The zero-order valence-electron chi connectivity index (χ0n) is 16.9. The molecule has 2 heterocycles. The van der Waals surface area contributed by atoms with E-state index in [4.69, 9.17) is 4.74 Å². The molecule has 1 atom stereocenters. The van der Waals surface area contributed by atoms with E-state index in [-0.39, 0.29) is 23.0 Å². The molecule has 0 unspecified atom stereocenters.